The molecule has 0 aromatic carbocycles. The van der Waals surface area contributed by atoms with E-state index in [0.717, 1.165) is 0 Å². The number of carbonyl (C=O) groups excluding carboxylic acids is 3. The van der Waals surface area contributed by atoms with Crippen molar-refractivity contribution < 1.29 is 29.1 Å². The van der Waals surface area contributed by atoms with E-state index in [0.29, 0.717) is 22.9 Å². The maximum Gasteiger partial charge on any atom is 0.352 e. The number of nitrogens with zero attached hydrogens (tertiary/aromatic N) is 7. The molecular weight excluding hydrogens is 514 g/mol. The molecule has 2 aliphatic rings. The number of oxime groups is 1. The third kappa shape index (κ3) is 4.87. The largest absolute Gasteiger partial charge is 0.477 e. The number of pyridine rings is 1. The van der Waals surface area contributed by atoms with Gasteiger partial charge in [0.05, 0.1) is 0 Å². The number of aromatic nitrogens is 5. The van der Waals surface area contributed by atoms with Crippen molar-refractivity contribution in [1.29, 1.82) is 0 Å². The third-order valence-corrected chi connectivity index (χ3v) is 7.57. The maximum atomic E-state index is 13.0. The summed E-state index contributed by atoms with van der Waals surface area (Å²) in [6.45, 7) is 0. The number of β-lactam (4-membered cyclic amide) rings is 1. The Morgan fingerprint density at radius 2 is 2.25 bits per heavy atom. The molecule has 2 aliphatic heterocycles. The SMILES string of the molecule is CON=C(C(=O)NC1C(=O)N2C(C(=O)O)=C(CSc3nnnn3C)CS[C@H]12)c1ccnc(NC=O)c1. The second-order valence-corrected chi connectivity index (χ2v) is 9.35. The Morgan fingerprint density at radius 3 is 2.92 bits per heavy atom. The van der Waals surface area contributed by atoms with Crippen LogP contribution < -0.4 is 10.6 Å². The van der Waals surface area contributed by atoms with Gasteiger partial charge in [-0.05, 0) is 28.1 Å². The fraction of sp³-hybridized carbons (Fsp3) is 0.316. The molecular formula is C19H19N9O6S2. The quantitative estimate of drug-likeness (QED) is 0.112. The van der Waals surface area contributed by atoms with Crippen LogP contribution in [0.3, 0.4) is 0 Å². The van der Waals surface area contributed by atoms with E-state index in [9.17, 15) is 24.3 Å². The standard InChI is InChI=1S/C19H19N9O6S2/c1-27-19(23-25-26-27)36-7-10-6-35-17-13(16(31)28(17)14(10)18(32)33)22-15(30)12(24-34-2)9-3-4-20-11(5-9)21-8-29/h3-5,8,13,17H,6-7H2,1-2H3,(H,22,30)(H,32,33)(H,20,21,29)/t13?,17-/m1/s1. The molecule has 2 aromatic rings. The minimum atomic E-state index is -1.24. The van der Waals surface area contributed by atoms with Crippen LogP contribution in [0.25, 0.3) is 0 Å². The number of hydrogen-bond acceptors (Lipinski definition) is 12. The predicted octanol–water partition coefficient (Wildman–Crippen LogP) is -0.945. The molecule has 0 spiro atoms. The zero-order valence-electron chi connectivity index (χ0n) is 18.8. The number of amides is 3. The van der Waals surface area contributed by atoms with Crippen molar-refractivity contribution in [3.05, 3.63) is 35.2 Å². The lowest BCUT2D eigenvalue weighted by Crippen LogP contribution is -2.71. The highest BCUT2D eigenvalue weighted by molar-refractivity contribution is 8.01. The Balaban J connectivity index is 1.50. The summed E-state index contributed by atoms with van der Waals surface area (Å²) >= 11 is 2.59. The minimum Gasteiger partial charge on any atom is -0.477 e. The number of carbonyl (C=O) groups is 4. The molecule has 2 aromatic heterocycles. The highest BCUT2D eigenvalue weighted by Crippen LogP contribution is 2.41. The number of aliphatic carboxylic acids is 1. The van der Waals surface area contributed by atoms with Gasteiger partial charge in [0.2, 0.25) is 11.6 Å². The van der Waals surface area contributed by atoms with Crippen molar-refractivity contribution in [3.63, 3.8) is 0 Å². The van der Waals surface area contributed by atoms with Gasteiger partial charge in [0, 0.05) is 30.3 Å². The van der Waals surface area contributed by atoms with Crippen LogP contribution in [0.15, 0.2) is 39.9 Å². The Labute approximate surface area is 211 Å². The molecule has 1 fully saturated rings. The van der Waals surface area contributed by atoms with Crippen molar-refractivity contribution in [3.8, 4) is 0 Å². The molecule has 36 heavy (non-hydrogen) atoms. The first-order valence-electron chi connectivity index (χ1n) is 10.2. The highest BCUT2D eigenvalue weighted by atomic mass is 32.2. The molecule has 4 heterocycles. The Morgan fingerprint density at radius 1 is 1.44 bits per heavy atom. The summed E-state index contributed by atoms with van der Waals surface area (Å²) in [6, 6.07) is 1.93. The molecule has 1 saturated heterocycles. The van der Waals surface area contributed by atoms with Crippen molar-refractivity contribution in [2.45, 2.75) is 16.6 Å². The molecule has 0 saturated carbocycles. The number of nitrogens with one attached hydrogen (secondary N) is 2. The van der Waals surface area contributed by atoms with Crippen molar-refractivity contribution in [2.75, 3.05) is 23.9 Å². The van der Waals surface area contributed by atoms with Gasteiger partial charge in [0.1, 0.15) is 30.0 Å². The average molecular weight is 534 g/mol. The number of anilines is 1. The van der Waals surface area contributed by atoms with Crippen LogP contribution in [0.1, 0.15) is 5.56 Å². The minimum absolute atomic E-state index is 0.110. The van der Waals surface area contributed by atoms with Crippen LogP contribution in [0.2, 0.25) is 0 Å². The van der Waals surface area contributed by atoms with E-state index in [-0.39, 0.29) is 28.5 Å². The van der Waals surface area contributed by atoms with E-state index >= 15 is 0 Å². The zero-order valence-corrected chi connectivity index (χ0v) is 20.4. The summed E-state index contributed by atoms with van der Waals surface area (Å²) < 4.78 is 1.46. The molecule has 2 atom stereocenters. The molecule has 17 heteroatoms. The van der Waals surface area contributed by atoms with Gasteiger partial charge in [-0.1, -0.05) is 16.9 Å². The van der Waals surface area contributed by atoms with Gasteiger partial charge in [0.15, 0.2) is 5.71 Å². The second-order valence-electron chi connectivity index (χ2n) is 7.31. The molecule has 0 bridgehead atoms. The maximum absolute atomic E-state index is 13.0. The van der Waals surface area contributed by atoms with Gasteiger partial charge in [-0.2, -0.15) is 0 Å². The number of fused-ring (bicyclic) bond motifs is 1. The first-order chi connectivity index (χ1) is 17.3. The molecule has 0 aliphatic carbocycles. The van der Waals surface area contributed by atoms with E-state index in [1.807, 2.05) is 0 Å². The second kappa shape index (κ2) is 10.7. The first-order valence-corrected chi connectivity index (χ1v) is 12.2. The third-order valence-electron chi connectivity index (χ3n) is 5.13. The number of rotatable bonds is 10. The normalized spacial score (nSPS) is 19.3. The fourth-order valence-corrected chi connectivity index (χ4v) is 5.87. The topological polar surface area (TPSA) is 194 Å². The average Bonchev–Trinajstić information content (AvgIpc) is 3.28. The Kier molecular flexibility index (Phi) is 7.49. The summed E-state index contributed by atoms with van der Waals surface area (Å²) in [6.07, 6.45) is 1.80. The number of aryl methyl sites for hydroxylation is 1. The number of thioether (sulfide) groups is 2. The van der Waals surface area contributed by atoms with Gasteiger partial charge in [-0.15, -0.1) is 16.9 Å². The summed E-state index contributed by atoms with van der Waals surface area (Å²) in [7, 11) is 2.92. The van der Waals surface area contributed by atoms with Gasteiger partial charge < -0.3 is 20.6 Å². The summed E-state index contributed by atoms with van der Waals surface area (Å²) in [4.78, 5) is 58.6. The first kappa shape index (κ1) is 25.1. The molecule has 15 nitrogen and oxygen atoms in total. The predicted molar refractivity (Wildman–Crippen MR) is 127 cm³/mol. The monoisotopic (exact) mass is 533 g/mol. The molecule has 4 rings (SSSR count). The summed E-state index contributed by atoms with van der Waals surface area (Å²) in [5.74, 6) is -1.71. The molecule has 3 amide bonds. The lowest BCUT2D eigenvalue weighted by Gasteiger charge is -2.49. The van der Waals surface area contributed by atoms with Crippen LogP contribution in [-0.4, -0.2) is 95.1 Å². The smallest absolute Gasteiger partial charge is 0.352 e. The van der Waals surface area contributed by atoms with Crippen LogP contribution >= 0.6 is 23.5 Å². The Bertz CT molecular complexity index is 1280. The van der Waals surface area contributed by atoms with Gasteiger partial charge in [-0.25, -0.2) is 14.5 Å². The lowest BCUT2D eigenvalue weighted by molar-refractivity contribution is -0.150. The fourth-order valence-electron chi connectivity index (χ4n) is 3.53. The van der Waals surface area contributed by atoms with Gasteiger partial charge in [0.25, 0.3) is 11.8 Å². The van der Waals surface area contributed by atoms with Crippen LogP contribution in [0.4, 0.5) is 5.82 Å². The Hall–Kier alpha value is -3.99. The molecule has 0 radical (unpaired) electrons. The van der Waals surface area contributed by atoms with Crippen LogP contribution in [0.5, 0.6) is 0 Å². The number of carboxylic acids is 1. The lowest BCUT2D eigenvalue weighted by atomic mass is 10.0. The summed E-state index contributed by atoms with van der Waals surface area (Å²) in [5, 5.41) is 29.6. The molecule has 1 unspecified atom stereocenters. The van der Waals surface area contributed by atoms with Crippen LogP contribution in [0, 0.1) is 0 Å². The zero-order chi connectivity index (χ0) is 25.8. The van der Waals surface area contributed by atoms with Gasteiger partial charge in [-0.3, -0.25) is 19.3 Å². The van der Waals surface area contributed by atoms with Crippen molar-refractivity contribution >= 4 is 59.2 Å². The number of hydrogen-bond donors (Lipinski definition) is 3. The van der Waals surface area contributed by atoms with E-state index in [1.54, 1.807) is 7.05 Å². The van der Waals surface area contributed by atoms with E-state index in [4.69, 9.17) is 4.84 Å². The summed E-state index contributed by atoms with van der Waals surface area (Å²) in [5.41, 5.74) is 0.575. The number of tetrazole rings is 1. The van der Waals surface area contributed by atoms with Crippen LogP contribution in [-0.2, 0) is 31.1 Å². The molecule has 188 valence electrons. The van der Waals surface area contributed by atoms with Crippen molar-refractivity contribution in [2.24, 2.45) is 12.2 Å². The van der Waals surface area contributed by atoms with Gasteiger partial charge >= 0.3 is 5.97 Å². The highest BCUT2D eigenvalue weighted by Gasteiger charge is 2.54. The van der Waals surface area contributed by atoms with E-state index in [2.05, 4.69) is 36.3 Å². The number of carboxylic acid groups (broad SMARTS) is 1. The van der Waals surface area contributed by atoms with E-state index in [1.165, 1.54) is 58.5 Å². The van der Waals surface area contributed by atoms with E-state index < -0.39 is 29.2 Å². The molecule has 3 N–H and O–H groups in total. The van der Waals surface area contributed by atoms with Crippen molar-refractivity contribution in [1.82, 2.24) is 35.4 Å².